The summed E-state index contributed by atoms with van der Waals surface area (Å²) in [6, 6.07) is 3.43. The summed E-state index contributed by atoms with van der Waals surface area (Å²) in [5.74, 6) is 5.34. The third kappa shape index (κ3) is 4.68. The highest BCUT2D eigenvalue weighted by Crippen LogP contribution is 2.30. The van der Waals surface area contributed by atoms with E-state index in [1.807, 2.05) is 0 Å². The van der Waals surface area contributed by atoms with Crippen molar-refractivity contribution in [1.29, 1.82) is 0 Å². The summed E-state index contributed by atoms with van der Waals surface area (Å²) < 4.78 is 0. The second-order valence-electron chi connectivity index (χ2n) is 4.15. The van der Waals surface area contributed by atoms with Crippen LogP contribution in [0, 0.1) is 0 Å². The van der Waals surface area contributed by atoms with Crippen LogP contribution < -0.4 is 5.84 Å². The van der Waals surface area contributed by atoms with Crippen molar-refractivity contribution < 1.29 is 0 Å². The zero-order chi connectivity index (χ0) is 13.5. The number of nitrogens with zero attached hydrogens (tertiary/aromatic N) is 1. The van der Waals surface area contributed by atoms with Gasteiger partial charge in [0.15, 0.2) is 0 Å². The van der Waals surface area contributed by atoms with Gasteiger partial charge in [-0.15, -0.1) is 0 Å². The number of hydrogen-bond donors (Lipinski definition) is 1. The molecule has 0 aromatic heterocycles. The zero-order valence-electron chi connectivity index (χ0n) is 10.3. The van der Waals surface area contributed by atoms with E-state index in [4.69, 9.17) is 40.6 Å². The van der Waals surface area contributed by atoms with Gasteiger partial charge in [0, 0.05) is 20.8 Å². The molecule has 1 aromatic rings. The average Bonchev–Trinajstić information content (AvgIpc) is 2.31. The van der Waals surface area contributed by atoms with Gasteiger partial charge in [-0.2, -0.15) is 5.10 Å². The lowest BCUT2D eigenvalue weighted by Gasteiger charge is -2.08. The molecular formula is C13H17Cl3N2. The summed E-state index contributed by atoms with van der Waals surface area (Å²) in [5.41, 5.74) is 1.98. The van der Waals surface area contributed by atoms with Crippen LogP contribution in [-0.2, 0) is 6.42 Å². The summed E-state index contributed by atoms with van der Waals surface area (Å²) in [6.45, 7) is 2.11. The average molecular weight is 308 g/mol. The van der Waals surface area contributed by atoms with Gasteiger partial charge in [0.05, 0.1) is 0 Å². The third-order valence-corrected chi connectivity index (χ3v) is 3.61. The van der Waals surface area contributed by atoms with E-state index in [9.17, 15) is 0 Å². The lowest BCUT2D eigenvalue weighted by atomic mass is 10.0. The fourth-order valence-corrected chi connectivity index (χ4v) is 2.83. The SMILES string of the molecule is CCC/C(CCCc1c(Cl)cc(Cl)cc1Cl)=N\N. The summed E-state index contributed by atoms with van der Waals surface area (Å²) in [5, 5.41) is 5.60. The van der Waals surface area contributed by atoms with E-state index in [2.05, 4.69) is 12.0 Å². The van der Waals surface area contributed by atoms with E-state index >= 15 is 0 Å². The predicted molar refractivity (Wildman–Crippen MR) is 80.9 cm³/mol. The monoisotopic (exact) mass is 306 g/mol. The van der Waals surface area contributed by atoms with Gasteiger partial charge in [-0.3, -0.25) is 0 Å². The van der Waals surface area contributed by atoms with Crippen LogP contribution in [0.2, 0.25) is 15.1 Å². The van der Waals surface area contributed by atoms with Gasteiger partial charge in [0.1, 0.15) is 0 Å². The van der Waals surface area contributed by atoms with Crippen LogP contribution >= 0.6 is 34.8 Å². The summed E-state index contributed by atoms with van der Waals surface area (Å²) in [6.07, 6.45) is 4.60. The van der Waals surface area contributed by atoms with Crippen molar-refractivity contribution in [3.63, 3.8) is 0 Å². The quantitative estimate of drug-likeness (QED) is 0.444. The van der Waals surface area contributed by atoms with Gasteiger partial charge in [0.2, 0.25) is 0 Å². The minimum absolute atomic E-state index is 0.559. The van der Waals surface area contributed by atoms with Crippen LogP contribution in [0.1, 0.15) is 38.2 Å². The normalized spacial score (nSPS) is 11.9. The van der Waals surface area contributed by atoms with E-state index < -0.39 is 0 Å². The lowest BCUT2D eigenvalue weighted by molar-refractivity contribution is 0.834. The Morgan fingerprint density at radius 1 is 1.17 bits per heavy atom. The minimum Gasteiger partial charge on any atom is -0.323 e. The van der Waals surface area contributed by atoms with Gasteiger partial charge in [0.25, 0.3) is 0 Å². The van der Waals surface area contributed by atoms with E-state index in [0.717, 1.165) is 43.4 Å². The van der Waals surface area contributed by atoms with Crippen molar-refractivity contribution in [2.45, 2.75) is 39.0 Å². The van der Waals surface area contributed by atoms with Crippen molar-refractivity contribution in [2.24, 2.45) is 10.9 Å². The van der Waals surface area contributed by atoms with E-state index in [1.165, 1.54) is 0 Å². The fraction of sp³-hybridized carbons (Fsp3) is 0.462. The molecule has 0 atom stereocenters. The molecule has 2 nitrogen and oxygen atoms in total. The Morgan fingerprint density at radius 3 is 2.28 bits per heavy atom. The predicted octanol–water partition coefficient (Wildman–Crippen LogP) is 5.08. The molecule has 18 heavy (non-hydrogen) atoms. The Balaban J connectivity index is 2.59. The van der Waals surface area contributed by atoms with Crippen molar-refractivity contribution in [2.75, 3.05) is 0 Å². The molecule has 0 radical (unpaired) electrons. The maximum Gasteiger partial charge on any atom is 0.0467 e. The molecule has 100 valence electrons. The van der Waals surface area contributed by atoms with Crippen molar-refractivity contribution in [3.05, 3.63) is 32.8 Å². The Kier molecular flexibility index (Phi) is 6.83. The molecule has 0 bridgehead atoms. The molecule has 0 aliphatic rings. The minimum atomic E-state index is 0.559. The van der Waals surface area contributed by atoms with Crippen LogP contribution in [0.5, 0.6) is 0 Å². The van der Waals surface area contributed by atoms with Gasteiger partial charge in [-0.05, 0) is 43.4 Å². The molecule has 0 amide bonds. The number of benzene rings is 1. The highest BCUT2D eigenvalue weighted by atomic mass is 35.5. The summed E-state index contributed by atoms with van der Waals surface area (Å²) in [7, 11) is 0. The summed E-state index contributed by atoms with van der Waals surface area (Å²) in [4.78, 5) is 0. The number of rotatable bonds is 6. The molecule has 0 spiro atoms. The molecular weight excluding hydrogens is 291 g/mol. The number of halogens is 3. The number of hydrazone groups is 1. The highest BCUT2D eigenvalue weighted by molar-refractivity contribution is 6.39. The molecule has 0 saturated heterocycles. The first-order valence-corrected chi connectivity index (χ1v) is 7.11. The Bertz CT molecular complexity index is 407. The Hall–Kier alpha value is -0.440. The van der Waals surface area contributed by atoms with Gasteiger partial charge in [-0.1, -0.05) is 48.1 Å². The van der Waals surface area contributed by atoms with Gasteiger partial charge < -0.3 is 5.84 Å². The Morgan fingerprint density at radius 2 is 1.78 bits per heavy atom. The third-order valence-electron chi connectivity index (χ3n) is 2.72. The second-order valence-corrected chi connectivity index (χ2v) is 5.40. The molecule has 0 saturated carbocycles. The van der Waals surface area contributed by atoms with Crippen LogP contribution in [0.25, 0.3) is 0 Å². The van der Waals surface area contributed by atoms with Crippen LogP contribution in [0.4, 0.5) is 0 Å². The smallest absolute Gasteiger partial charge is 0.0467 e. The van der Waals surface area contributed by atoms with Crippen LogP contribution in [-0.4, -0.2) is 5.71 Å². The van der Waals surface area contributed by atoms with E-state index in [-0.39, 0.29) is 0 Å². The van der Waals surface area contributed by atoms with Crippen LogP contribution in [0.15, 0.2) is 17.2 Å². The van der Waals surface area contributed by atoms with E-state index in [0.29, 0.717) is 15.1 Å². The maximum absolute atomic E-state index is 6.12. The van der Waals surface area contributed by atoms with Crippen molar-refractivity contribution in [3.8, 4) is 0 Å². The standard InChI is InChI=1S/C13H17Cl3N2/c1-2-4-10(18-17)5-3-6-11-12(15)7-9(14)8-13(11)16/h7-8H,2-6,17H2,1H3/b18-10+. The molecule has 0 aliphatic carbocycles. The molecule has 1 rings (SSSR count). The topological polar surface area (TPSA) is 38.4 Å². The highest BCUT2D eigenvalue weighted by Gasteiger charge is 2.08. The van der Waals surface area contributed by atoms with Crippen molar-refractivity contribution in [1.82, 2.24) is 0 Å². The molecule has 0 fully saturated rings. The molecule has 5 heteroatoms. The number of hydrogen-bond acceptors (Lipinski definition) is 2. The number of nitrogens with two attached hydrogens (primary N) is 1. The molecule has 0 aliphatic heterocycles. The molecule has 2 N–H and O–H groups in total. The van der Waals surface area contributed by atoms with Gasteiger partial charge >= 0.3 is 0 Å². The summed E-state index contributed by atoms with van der Waals surface area (Å²) >= 11 is 18.1. The first-order chi connectivity index (χ1) is 8.58. The lowest BCUT2D eigenvalue weighted by Crippen LogP contribution is -2.03. The molecule has 0 heterocycles. The molecule has 0 unspecified atom stereocenters. The van der Waals surface area contributed by atoms with E-state index in [1.54, 1.807) is 12.1 Å². The van der Waals surface area contributed by atoms with Crippen LogP contribution in [0.3, 0.4) is 0 Å². The zero-order valence-corrected chi connectivity index (χ0v) is 12.6. The second kappa shape index (κ2) is 7.88. The fourth-order valence-electron chi connectivity index (χ4n) is 1.82. The largest absolute Gasteiger partial charge is 0.323 e. The first-order valence-electron chi connectivity index (χ1n) is 5.97. The maximum atomic E-state index is 6.12. The van der Waals surface area contributed by atoms with Crippen molar-refractivity contribution >= 4 is 40.5 Å². The molecule has 1 aromatic carbocycles. The Labute approximate surface area is 123 Å². The first kappa shape index (κ1) is 15.6. The van der Waals surface area contributed by atoms with Gasteiger partial charge in [-0.25, -0.2) is 0 Å².